The van der Waals surface area contributed by atoms with Gasteiger partial charge in [-0.05, 0) is 67.9 Å². The van der Waals surface area contributed by atoms with E-state index in [1.54, 1.807) is 36.4 Å². The molecule has 3 aromatic rings. The predicted octanol–water partition coefficient (Wildman–Crippen LogP) is 4.54. The van der Waals surface area contributed by atoms with Gasteiger partial charge in [-0.3, -0.25) is 4.79 Å². The normalized spacial score (nSPS) is 11.6. The molecule has 0 bridgehead atoms. The minimum Gasteiger partial charge on any atom is -0.464 e. The van der Waals surface area contributed by atoms with Crippen LogP contribution in [0.5, 0.6) is 0 Å². The molecule has 1 aromatic heterocycles. The lowest BCUT2D eigenvalue weighted by Gasteiger charge is -2.13. The van der Waals surface area contributed by atoms with Crippen LogP contribution in [0.4, 0.5) is 14.9 Å². The van der Waals surface area contributed by atoms with Gasteiger partial charge < -0.3 is 20.4 Å². The molecule has 3 rings (SSSR count). The second-order valence-electron chi connectivity index (χ2n) is 6.66. The number of aryl methyl sites for hydroxylation is 1. The Morgan fingerprint density at radius 2 is 1.69 bits per heavy atom. The lowest BCUT2D eigenvalue weighted by Crippen LogP contribution is -2.31. The van der Waals surface area contributed by atoms with Crippen molar-refractivity contribution in [3.63, 3.8) is 0 Å². The van der Waals surface area contributed by atoms with Gasteiger partial charge >= 0.3 is 6.03 Å². The van der Waals surface area contributed by atoms with Crippen LogP contribution in [0, 0.1) is 12.7 Å². The Morgan fingerprint density at radius 3 is 2.31 bits per heavy atom. The first-order valence-electron chi connectivity index (χ1n) is 9.17. The summed E-state index contributed by atoms with van der Waals surface area (Å²) in [6.07, 6.45) is 0. The Hall–Kier alpha value is -3.61. The third-order valence-corrected chi connectivity index (χ3v) is 4.31. The largest absolute Gasteiger partial charge is 0.464 e. The standard InChI is InChI=1S/C22H22FN3O3/c1-14-3-12-20(29-14)15(2)25-22(28)26-19-10-6-17(7-11-19)21(27)24-13-16-4-8-18(23)9-5-16/h3-12,15H,13H2,1-2H3,(H,24,27)(H2,25,26,28). The highest BCUT2D eigenvalue weighted by Crippen LogP contribution is 2.16. The number of hydrogen-bond acceptors (Lipinski definition) is 3. The maximum Gasteiger partial charge on any atom is 0.319 e. The zero-order valence-electron chi connectivity index (χ0n) is 16.2. The average molecular weight is 395 g/mol. The van der Waals surface area contributed by atoms with Crippen molar-refractivity contribution in [1.82, 2.24) is 10.6 Å². The summed E-state index contributed by atoms with van der Waals surface area (Å²) in [7, 11) is 0. The highest BCUT2D eigenvalue weighted by Gasteiger charge is 2.13. The molecular formula is C22H22FN3O3. The number of furan rings is 1. The van der Waals surface area contributed by atoms with Crippen molar-refractivity contribution in [1.29, 1.82) is 0 Å². The van der Waals surface area contributed by atoms with Crippen molar-refractivity contribution < 1.29 is 18.4 Å². The van der Waals surface area contributed by atoms with Gasteiger partial charge in [0, 0.05) is 17.8 Å². The molecule has 3 N–H and O–H groups in total. The highest BCUT2D eigenvalue weighted by atomic mass is 19.1. The molecule has 0 spiro atoms. The lowest BCUT2D eigenvalue weighted by molar-refractivity contribution is 0.0951. The summed E-state index contributed by atoms with van der Waals surface area (Å²) in [5.41, 5.74) is 1.81. The maximum atomic E-state index is 12.9. The van der Waals surface area contributed by atoms with E-state index in [0.29, 0.717) is 23.6 Å². The summed E-state index contributed by atoms with van der Waals surface area (Å²) >= 11 is 0. The van der Waals surface area contributed by atoms with Crippen LogP contribution in [-0.2, 0) is 6.54 Å². The number of anilines is 1. The minimum absolute atomic E-state index is 0.257. The van der Waals surface area contributed by atoms with Gasteiger partial charge in [-0.2, -0.15) is 0 Å². The van der Waals surface area contributed by atoms with Crippen LogP contribution in [0.15, 0.2) is 65.1 Å². The van der Waals surface area contributed by atoms with Gasteiger partial charge in [0.1, 0.15) is 17.3 Å². The van der Waals surface area contributed by atoms with E-state index in [1.807, 2.05) is 26.0 Å². The smallest absolute Gasteiger partial charge is 0.319 e. The SMILES string of the molecule is Cc1ccc(C(C)NC(=O)Nc2ccc(C(=O)NCc3ccc(F)cc3)cc2)o1. The minimum atomic E-state index is -0.375. The third-order valence-electron chi connectivity index (χ3n) is 4.31. The Bertz CT molecular complexity index is 981. The van der Waals surface area contributed by atoms with Gasteiger partial charge in [-0.1, -0.05) is 12.1 Å². The van der Waals surface area contributed by atoms with Gasteiger partial charge in [-0.25, -0.2) is 9.18 Å². The summed E-state index contributed by atoms with van der Waals surface area (Å²) in [4.78, 5) is 24.4. The van der Waals surface area contributed by atoms with Crippen LogP contribution < -0.4 is 16.0 Å². The zero-order chi connectivity index (χ0) is 20.8. The van der Waals surface area contributed by atoms with Crippen molar-refractivity contribution in [2.75, 3.05) is 5.32 Å². The first-order chi connectivity index (χ1) is 13.9. The third kappa shape index (κ3) is 5.68. The van der Waals surface area contributed by atoms with Crippen LogP contribution in [0.2, 0.25) is 0 Å². The number of benzene rings is 2. The number of hydrogen-bond donors (Lipinski definition) is 3. The monoisotopic (exact) mass is 395 g/mol. The van der Waals surface area contributed by atoms with Crippen molar-refractivity contribution in [2.24, 2.45) is 0 Å². The molecule has 0 fully saturated rings. The molecule has 29 heavy (non-hydrogen) atoms. The molecule has 150 valence electrons. The fourth-order valence-corrected chi connectivity index (χ4v) is 2.71. The van der Waals surface area contributed by atoms with Crippen molar-refractivity contribution >= 4 is 17.6 Å². The predicted molar refractivity (Wildman–Crippen MR) is 108 cm³/mol. The van der Waals surface area contributed by atoms with E-state index in [9.17, 15) is 14.0 Å². The molecule has 7 heteroatoms. The van der Waals surface area contributed by atoms with Gasteiger partial charge in [0.2, 0.25) is 0 Å². The lowest BCUT2D eigenvalue weighted by atomic mass is 10.1. The molecule has 6 nitrogen and oxygen atoms in total. The van der Waals surface area contributed by atoms with Gasteiger partial charge in [0.25, 0.3) is 5.91 Å². The highest BCUT2D eigenvalue weighted by molar-refractivity contribution is 5.95. The van der Waals surface area contributed by atoms with E-state index in [1.165, 1.54) is 12.1 Å². The van der Waals surface area contributed by atoms with E-state index >= 15 is 0 Å². The quantitative estimate of drug-likeness (QED) is 0.573. The summed E-state index contributed by atoms with van der Waals surface area (Å²) in [5.74, 6) is 0.876. The summed E-state index contributed by atoms with van der Waals surface area (Å²) in [5, 5.41) is 8.28. The second kappa shape index (κ2) is 9.05. The van der Waals surface area contributed by atoms with Crippen LogP contribution in [0.3, 0.4) is 0 Å². The molecule has 0 saturated carbocycles. The van der Waals surface area contributed by atoms with Crippen LogP contribution in [-0.4, -0.2) is 11.9 Å². The molecule has 3 amide bonds. The number of nitrogens with one attached hydrogen (secondary N) is 3. The van der Waals surface area contributed by atoms with Crippen molar-refractivity contribution in [3.8, 4) is 0 Å². The molecule has 0 aliphatic heterocycles. The second-order valence-corrected chi connectivity index (χ2v) is 6.66. The van der Waals surface area contributed by atoms with Gasteiger partial charge in [0.05, 0.1) is 6.04 Å². The van der Waals surface area contributed by atoms with E-state index in [0.717, 1.165) is 11.3 Å². The van der Waals surface area contributed by atoms with Gasteiger partial charge in [-0.15, -0.1) is 0 Å². The summed E-state index contributed by atoms with van der Waals surface area (Å²) in [6.45, 7) is 3.96. The molecule has 0 aliphatic carbocycles. The zero-order valence-corrected chi connectivity index (χ0v) is 16.2. The number of halogens is 1. The first kappa shape index (κ1) is 20.1. The number of amides is 3. The molecule has 1 heterocycles. The summed E-state index contributed by atoms with van der Waals surface area (Å²) in [6, 6.07) is 15.5. The number of rotatable bonds is 6. The van der Waals surface area contributed by atoms with E-state index in [2.05, 4.69) is 16.0 Å². The fourth-order valence-electron chi connectivity index (χ4n) is 2.71. The molecule has 0 aliphatic rings. The van der Waals surface area contributed by atoms with Gasteiger partial charge in [0.15, 0.2) is 0 Å². The molecular weight excluding hydrogens is 373 g/mol. The molecule has 2 aromatic carbocycles. The first-order valence-corrected chi connectivity index (χ1v) is 9.17. The fraction of sp³-hybridized carbons (Fsp3) is 0.182. The number of carbonyl (C=O) groups is 2. The molecule has 1 atom stereocenters. The van der Waals surface area contributed by atoms with Crippen molar-refractivity contribution in [3.05, 3.63) is 89.1 Å². The number of carbonyl (C=O) groups excluding carboxylic acids is 2. The molecule has 0 saturated heterocycles. The van der Waals surface area contributed by atoms with Crippen LogP contribution >= 0.6 is 0 Å². The van der Waals surface area contributed by atoms with E-state index < -0.39 is 0 Å². The maximum absolute atomic E-state index is 12.9. The van der Waals surface area contributed by atoms with Crippen molar-refractivity contribution in [2.45, 2.75) is 26.4 Å². The van der Waals surface area contributed by atoms with E-state index in [-0.39, 0.29) is 23.8 Å². The molecule has 1 unspecified atom stereocenters. The Kier molecular flexibility index (Phi) is 6.29. The Morgan fingerprint density at radius 1 is 1.00 bits per heavy atom. The summed E-state index contributed by atoms with van der Waals surface area (Å²) < 4.78 is 18.4. The van der Waals surface area contributed by atoms with Crippen LogP contribution in [0.25, 0.3) is 0 Å². The topological polar surface area (TPSA) is 83.4 Å². The average Bonchev–Trinajstić information content (AvgIpc) is 3.14. The van der Waals surface area contributed by atoms with E-state index in [4.69, 9.17) is 4.42 Å². The van der Waals surface area contributed by atoms with Crippen LogP contribution in [0.1, 0.15) is 40.4 Å². The Balaban J connectivity index is 1.50. The molecule has 0 radical (unpaired) electrons. The Labute approximate surface area is 168 Å². The number of urea groups is 1.